The predicted molar refractivity (Wildman–Crippen MR) is 76.4 cm³/mol. The van der Waals surface area contributed by atoms with Gasteiger partial charge in [0.2, 0.25) is 5.91 Å². The molecule has 0 bridgehead atoms. The van der Waals surface area contributed by atoms with Gasteiger partial charge >= 0.3 is 0 Å². The third kappa shape index (κ3) is 2.57. The molecule has 1 amide bonds. The Kier molecular flexibility index (Phi) is 3.50. The first-order chi connectivity index (χ1) is 9.74. The largest absolute Gasteiger partial charge is 0.352 e. The Labute approximate surface area is 116 Å². The first kappa shape index (κ1) is 12.8. The molecule has 0 spiro atoms. The van der Waals surface area contributed by atoms with Gasteiger partial charge in [0, 0.05) is 6.04 Å². The number of hydrogen-bond acceptors (Lipinski definition) is 3. The van der Waals surface area contributed by atoms with Crippen molar-refractivity contribution in [2.45, 2.75) is 38.3 Å². The Morgan fingerprint density at radius 2 is 2.05 bits per heavy atom. The highest BCUT2D eigenvalue weighted by molar-refractivity contribution is 5.79. The summed E-state index contributed by atoms with van der Waals surface area (Å²) in [5, 5.41) is 3.52. The van der Waals surface area contributed by atoms with Crippen molar-refractivity contribution in [3.63, 3.8) is 0 Å². The number of para-hydroxylation sites is 1. The van der Waals surface area contributed by atoms with Gasteiger partial charge in [-0.15, -0.1) is 0 Å². The van der Waals surface area contributed by atoms with E-state index in [9.17, 15) is 9.59 Å². The fourth-order valence-electron chi connectivity index (χ4n) is 2.72. The van der Waals surface area contributed by atoms with E-state index in [1.54, 1.807) is 18.2 Å². The van der Waals surface area contributed by atoms with Gasteiger partial charge in [-0.3, -0.25) is 14.2 Å². The molecule has 1 fully saturated rings. The normalized spacial score (nSPS) is 15.6. The van der Waals surface area contributed by atoms with Crippen molar-refractivity contribution in [3.05, 3.63) is 40.9 Å². The minimum atomic E-state index is -0.169. The molecule has 1 N–H and O–H groups in total. The number of fused-ring (bicyclic) bond motifs is 1. The van der Waals surface area contributed by atoms with Crippen LogP contribution < -0.4 is 10.9 Å². The predicted octanol–water partition coefficient (Wildman–Crippen LogP) is 1.46. The minimum Gasteiger partial charge on any atom is -0.352 e. The molecule has 0 saturated heterocycles. The summed E-state index contributed by atoms with van der Waals surface area (Å²) in [6.45, 7) is 0.0349. The van der Waals surface area contributed by atoms with Crippen LogP contribution in [0, 0.1) is 0 Å². The zero-order chi connectivity index (χ0) is 13.9. The molecule has 5 heteroatoms. The zero-order valence-electron chi connectivity index (χ0n) is 11.2. The van der Waals surface area contributed by atoms with Gasteiger partial charge in [-0.25, -0.2) is 4.98 Å². The van der Waals surface area contributed by atoms with Crippen molar-refractivity contribution >= 4 is 16.8 Å². The van der Waals surface area contributed by atoms with Crippen LogP contribution in [0.3, 0.4) is 0 Å². The Balaban J connectivity index is 1.78. The van der Waals surface area contributed by atoms with Crippen molar-refractivity contribution in [3.8, 4) is 0 Å². The van der Waals surface area contributed by atoms with Gasteiger partial charge in [0.05, 0.1) is 17.2 Å². The van der Waals surface area contributed by atoms with Gasteiger partial charge in [0.1, 0.15) is 6.54 Å². The molecule has 0 unspecified atom stereocenters. The molecule has 1 aromatic heterocycles. The second-order valence-electron chi connectivity index (χ2n) is 5.24. The Bertz CT molecular complexity index is 687. The monoisotopic (exact) mass is 271 g/mol. The molecule has 2 aromatic rings. The maximum Gasteiger partial charge on any atom is 0.261 e. The molecule has 1 aliphatic carbocycles. The van der Waals surface area contributed by atoms with E-state index in [0.717, 1.165) is 12.8 Å². The summed E-state index contributed by atoms with van der Waals surface area (Å²) in [5.74, 6) is -0.115. The van der Waals surface area contributed by atoms with E-state index < -0.39 is 0 Å². The van der Waals surface area contributed by atoms with E-state index in [1.165, 1.54) is 23.7 Å². The van der Waals surface area contributed by atoms with Crippen molar-refractivity contribution in [1.82, 2.24) is 14.9 Å². The molecule has 1 aliphatic rings. The summed E-state index contributed by atoms with van der Waals surface area (Å²) in [6, 6.07) is 7.43. The maximum atomic E-state index is 12.2. The van der Waals surface area contributed by atoms with Crippen molar-refractivity contribution < 1.29 is 4.79 Å². The van der Waals surface area contributed by atoms with Gasteiger partial charge in [0.15, 0.2) is 0 Å². The number of aromatic nitrogens is 2. The third-order valence-electron chi connectivity index (χ3n) is 3.77. The number of amides is 1. The van der Waals surface area contributed by atoms with Crippen LogP contribution in [-0.4, -0.2) is 21.5 Å². The minimum absolute atomic E-state index is 0.0349. The Morgan fingerprint density at radius 3 is 2.85 bits per heavy atom. The lowest BCUT2D eigenvalue weighted by atomic mass is 10.2. The van der Waals surface area contributed by atoms with Crippen molar-refractivity contribution in [2.75, 3.05) is 0 Å². The SMILES string of the molecule is O=C(Cn1cnc2ccccc2c1=O)NC1CCCC1. The van der Waals surface area contributed by atoms with Gasteiger partial charge in [-0.1, -0.05) is 25.0 Å². The molecular formula is C15H17N3O2. The van der Waals surface area contributed by atoms with Crippen LogP contribution >= 0.6 is 0 Å². The van der Waals surface area contributed by atoms with Crippen LogP contribution in [0.1, 0.15) is 25.7 Å². The molecule has 1 aromatic carbocycles. The smallest absolute Gasteiger partial charge is 0.261 e. The van der Waals surface area contributed by atoms with E-state index in [-0.39, 0.29) is 24.1 Å². The number of rotatable bonds is 3. The van der Waals surface area contributed by atoms with Crippen LogP contribution in [-0.2, 0) is 11.3 Å². The summed E-state index contributed by atoms with van der Waals surface area (Å²) >= 11 is 0. The van der Waals surface area contributed by atoms with E-state index in [2.05, 4.69) is 10.3 Å². The second-order valence-corrected chi connectivity index (χ2v) is 5.24. The van der Waals surface area contributed by atoms with E-state index in [1.807, 2.05) is 6.07 Å². The van der Waals surface area contributed by atoms with Crippen LogP contribution in [0.4, 0.5) is 0 Å². The highest BCUT2D eigenvalue weighted by Gasteiger charge is 2.17. The molecule has 20 heavy (non-hydrogen) atoms. The third-order valence-corrected chi connectivity index (χ3v) is 3.77. The van der Waals surface area contributed by atoms with Gasteiger partial charge in [-0.2, -0.15) is 0 Å². The molecular weight excluding hydrogens is 254 g/mol. The molecule has 1 heterocycles. The average molecular weight is 271 g/mol. The second kappa shape index (κ2) is 5.45. The van der Waals surface area contributed by atoms with Gasteiger partial charge in [0.25, 0.3) is 5.56 Å². The summed E-state index contributed by atoms with van der Waals surface area (Å²) < 4.78 is 1.37. The van der Waals surface area contributed by atoms with Gasteiger partial charge in [-0.05, 0) is 25.0 Å². The molecule has 104 valence electrons. The first-order valence-corrected chi connectivity index (χ1v) is 6.97. The van der Waals surface area contributed by atoms with Crippen LogP contribution in [0.25, 0.3) is 10.9 Å². The lowest BCUT2D eigenvalue weighted by Gasteiger charge is -2.12. The van der Waals surface area contributed by atoms with E-state index >= 15 is 0 Å². The van der Waals surface area contributed by atoms with Crippen molar-refractivity contribution in [1.29, 1.82) is 0 Å². The summed E-state index contributed by atoms with van der Waals surface area (Å²) in [7, 11) is 0. The Hall–Kier alpha value is -2.17. The summed E-state index contributed by atoms with van der Waals surface area (Å²) in [4.78, 5) is 28.4. The summed E-state index contributed by atoms with van der Waals surface area (Å²) in [5.41, 5.74) is 0.488. The number of benzene rings is 1. The molecule has 0 atom stereocenters. The van der Waals surface area contributed by atoms with Crippen LogP contribution in [0.15, 0.2) is 35.4 Å². The highest BCUT2D eigenvalue weighted by atomic mass is 16.2. The number of nitrogens with one attached hydrogen (secondary N) is 1. The molecule has 0 aliphatic heterocycles. The lowest BCUT2D eigenvalue weighted by Crippen LogP contribution is -2.37. The number of carbonyl (C=O) groups is 1. The Morgan fingerprint density at radius 1 is 1.30 bits per heavy atom. The molecule has 0 radical (unpaired) electrons. The number of carbonyl (C=O) groups excluding carboxylic acids is 1. The van der Waals surface area contributed by atoms with E-state index in [0.29, 0.717) is 10.9 Å². The quantitative estimate of drug-likeness (QED) is 0.919. The lowest BCUT2D eigenvalue weighted by molar-refractivity contribution is -0.122. The standard InChI is InChI=1S/C15H17N3O2/c19-14(17-11-5-1-2-6-11)9-18-10-16-13-8-4-3-7-12(13)15(18)20/h3-4,7-8,10-11H,1-2,5-6,9H2,(H,17,19). The highest BCUT2D eigenvalue weighted by Crippen LogP contribution is 2.17. The van der Waals surface area contributed by atoms with Crippen LogP contribution in [0.2, 0.25) is 0 Å². The topological polar surface area (TPSA) is 64.0 Å². The van der Waals surface area contributed by atoms with Gasteiger partial charge < -0.3 is 5.32 Å². The molecule has 5 nitrogen and oxygen atoms in total. The number of nitrogens with zero attached hydrogens (tertiary/aromatic N) is 2. The first-order valence-electron chi connectivity index (χ1n) is 6.97. The fourth-order valence-corrected chi connectivity index (χ4v) is 2.72. The molecule has 1 saturated carbocycles. The maximum absolute atomic E-state index is 12.2. The van der Waals surface area contributed by atoms with Crippen molar-refractivity contribution in [2.24, 2.45) is 0 Å². The van der Waals surface area contributed by atoms with Crippen LogP contribution in [0.5, 0.6) is 0 Å². The fraction of sp³-hybridized carbons (Fsp3) is 0.400. The number of hydrogen-bond donors (Lipinski definition) is 1. The molecule has 3 rings (SSSR count). The van der Waals surface area contributed by atoms with E-state index in [4.69, 9.17) is 0 Å². The average Bonchev–Trinajstić information content (AvgIpc) is 2.95. The zero-order valence-corrected chi connectivity index (χ0v) is 11.2. The summed E-state index contributed by atoms with van der Waals surface area (Å²) in [6.07, 6.45) is 5.86.